The van der Waals surface area contributed by atoms with E-state index < -0.39 is 40.1 Å². The maximum absolute atomic E-state index is 13.0. The first-order valence-electron chi connectivity index (χ1n) is 10.2. The molecule has 0 bridgehead atoms. The van der Waals surface area contributed by atoms with E-state index in [2.05, 4.69) is 5.32 Å². The van der Waals surface area contributed by atoms with Gasteiger partial charge in [-0.2, -0.15) is 0 Å². The molecule has 1 aliphatic heterocycles. The minimum atomic E-state index is -1.05. The largest absolute Gasteiger partial charge is 0.484 e. The van der Waals surface area contributed by atoms with Crippen LogP contribution in [-0.2, 0) is 25.7 Å². The van der Waals surface area contributed by atoms with Gasteiger partial charge in [0, 0.05) is 0 Å². The second-order valence-corrected chi connectivity index (χ2v) is 10.1. The molecule has 1 heterocycles. The molecule has 2 aromatic rings. The maximum atomic E-state index is 13.0. The van der Waals surface area contributed by atoms with Crippen LogP contribution in [-0.4, -0.2) is 51.6 Å². The van der Waals surface area contributed by atoms with Gasteiger partial charge in [-0.3, -0.25) is 9.59 Å². The Balaban J connectivity index is 1.62. The minimum Gasteiger partial charge on any atom is -0.484 e. The first-order valence-corrected chi connectivity index (χ1v) is 12.3. The van der Waals surface area contributed by atoms with Crippen molar-refractivity contribution in [2.75, 3.05) is 6.61 Å². The number of β-lactam (4-membered cyclic amide) rings is 1. The number of carbonyl (C=O) groups excluding carboxylic acids is 3. The molecule has 33 heavy (non-hydrogen) atoms. The molecule has 0 radical (unpaired) electrons. The van der Waals surface area contributed by atoms with Crippen molar-refractivity contribution in [3.8, 4) is 5.75 Å². The van der Waals surface area contributed by atoms with Crippen LogP contribution in [0.1, 0.15) is 19.4 Å². The van der Waals surface area contributed by atoms with E-state index in [-0.39, 0.29) is 13.2 Å². The van der Waals surface area contributed by atoms with Crippen molar-refractivity contribution in [3.63, 3.8) is 0 Å². The quantitative estimate of drug-likeness (QED) is 0.227. The van der Waals surface area contributed by atoms with Crippen molar-refractivity contribution < 1.29 is 23.9 Å². The summed E-state index contributed by atoms with van der Waals surface area (Å²) < 4.78 is 9.96. The predicted molar refractivity (Wildman–Crippen MR) is 128 cm³/mol. The van der Waals surface area contributed by atoms with Crippen LogP contribution in [0.25, 0.3) is 0 Å². The summed E-state index contributed by atoms with van der Waals surface area (Å²) in [6.45, 7) is 3.21. The van der Waals surface area contributed by atoms with Gasteiger partial charge in [0.2, 0.25) is 0 Å². The minimum absolute atomic E-state index is 0.0468. The van der Waals surface area contributed by atoms with Crippen LogP contribution in [0, 0.1) is 0 Å². The number of carbonyl (C=O) groups is 3. The van der Waals surface area contributed by atoms with E-state index >= 15 is 0 Å². The van der Waals surface area contributed by atoms with Gasteiger partial charge >= 0.3 is 5.97 Å². The number of halogens is 2. The normalized spacial score (nSPS) is 18.8. The smallest absolute Gasteiger partial charge is 0.330 e. The number of amides is 2. The molecule has 0 saturated carbocycles. The Morgan fingerprint density at radius 3 is 2.30 bits per heavy atom. The molecule has 1 fully saturated rings. The summed E-state index contributed by atoms with van der Waals surface area (Å²) in [5.41, 5.74) is -0.141. The van der Waals surface area contributed by atoms with Crippen LogP contribution in [0.15, 0.2) is 60.7 Å². The van der Waals surface area contributed by atoms with Crippen LogP contribution in [0.2, 0.25) is 0 Å². The summed E-state index contributed by atoms with van der Waals surface area (Å²) >= 11 is 6.45. The fraction of sp³-hybridized carbons (Fsp3) is 0.348. The van der Waals surface area contributed by atoms with Crippen LogP contribution in [0.5, 0.6) is 5.75 Å². The molecule has 1 N–H and O–H groups in total. The Labute approximate surface area is 206 Å². The van der Waals surface area contributed by atoms with E-state index in [1.807, 2.05) is 36.4 Å². The number of esters is 1. The van der Waals surface area contributed by atoms with Crippen molar-refractivity contribution in [2.45, 2.75) is 42.8 Å². The first-order chi connectivity index (χ1) is 15.7. The van der Waals surface area contributed by atoms with Gasteiger partial charge in [-0.05, 0) is 53.2 Å². The van der Waals surface area contributed by atoms with Crippen molar-refractivity contribution in [3.05, 3.63) is 66.2 Å². The Kier molecular flexibility index (Phi) is 8.51. The van der Waals surface area contributed by atoms with Crippen LogP contribution >= 0.6 is 33.3 Å². The zero-order chi connectivity index (χ0) is 24.0. The average molecular weight is 511 g/mol. The summed E-state index contributed by atoms with van der Waals surface area (Å²) in [7, 11) is 6.93. The summed E-state index contributed by atoms with van der Waals surface area (Å²) in [5, 5.41) is 2.56. The topological polar surface area (TPSA) is 84.9 Å². The standard InChI is InChI=1S/C23H24Cl2N2O5S/c1-23(2,33-25)19(22(30)32-13-15-9-5-3-6-10-15)27-20(24)18(21(27)29)26-17(28)14-31-16-11-7-4-8-12-16/h3-12,18-20H,13-14H2,1-2H3,(H,26,28). The number of hydrogen-bond acceptors (Lipinski definition) is 6. The van der Waals surface area contributed by atoms with Gasteiger partial charge in [-0.15, -0.1) is 0 Å². The number of ether oxygens (including phenoxy) is 2. The number of nitrogens with zero attached hydrogens (tertiary/aromatic N) is 1. The molecule has 10 heteroatoms. The third-order valence-electron chi connectivity index (χ3n) is 5.07. The van der Waals surface area contributed by atoms with E-state index in [1.165, 1.54) is 4.90 Å². The molecule has 1 aliphatic rings. The molecule has 0 aliphatic carbocycles. The lowest BCUT2D eigenvalue weighted by molar-refractivity contribution is -0.167. The molecular formula is C23H24Cl2N2O5S. The van der Waals surface area contributed by atoms with Gasteiger partial charge in [-0.25, -0.2) is 4.79 Å². The van der Waals surface area contributed by atoms with E-state index in [0.29, 0.717) is 5.75 Å². The molecule has 1 saturated heterocycles. The fourth-order valence-electron chi connectivity index (χ4n) is 3.34. The maximum Gasteiger partial charge on any atom is 0.330 e. The summed E-state index contributed by atoms with van der Waals surface area (Å²) in [6.07, 6.45) is 0. The van der Waals surface area contributed by atoms with Crippen molar-refractivity contribution in [1.82, 2.24) is 10.2 Å². The number of para-hydroxylation sites is 1. The van der Waals surface area contributed by atoms with Gasteiger partial charge in [0.15, 0.2) is 6.61 Å². The summed E-state index contributed by atoms with van der Waals surface area (Å²) in [5.74, 6) is -1.10. The van der Waals surface area contributed by atoms with E-state index in [4.69, 9.17) is 31.8 Å². The van der Waals surface area contributed by atoms with Crippen LogP contribution in [0.4, 0.5) is 0 Å². The monoisotopic (exact) mass is 510 g/mol. The highest BCUT2D eigenvalue weighted by Crippen LogP contribution is 2.40. The average Bonchev–Trinajstić information content (AvgIpc) is 2.84. The third-order valence-corrected chi connectivity index (χ3v) is 7.35. The highest BCUT2D eigenvalue weighted by molar-refractivity contribution is 8.22. The Morgan fingerprint density at radius 1 is 1.12 bits per heavy atom. The molecule has 176 valence electrons. The van der Waals surface area contributed by atoms with E-state index in [0.717, 1.165) is 16.5 Å². The van der Waals surface area contributed by atoms with Crippen LogP contribution < -0.4 is 10.1 Å². The van der Waals surface area contributed by atoms with Gasteiger partial charge in [-0.1, -0.05) is 60.1 Å². The Bertz CT molecular complexity index is 977. The first kappa shape index (κ1) is 25.2. The number of hydrogen-bond donors (Lipinski definition) is 1. The molecule has 0 aromatic heterocycles. The number of rotatable bonds is 10. The summed E-state index contributed by atoms with van der Waals surface area (Å²) in [6, 6.07) is 16.0. The second-order valence-electron chi connectivity index (χ2n) is 7.94. The number of nitrogens with one attached hydrogen (secondary N) is 1. The van der Waals surface area contributed by atoms with Crippen molar-refractivity contribution in [2.24, 2.45) is 0 Å². The lowest BCUT2D eigenvalue weighted by atomic mass is 9.95. The number of likely N-dealkylation sites (tertiary alicyclic amines) is 1. The van der Waals surface area contributed by atoms with Gasteiger partial charge in [0.05, 0.1) is 4.75 Å². The van der Waals surface area contributed by atoms with E-state index in [1.54, 1.807) is 38.1 Å². The molecule has 7 nitrogen and oxygen atoms in total. The zero-order valence-corrected chi connectivity index (χ0v) is 20.4. The van der Waals surface area contributed by atoms with Crippen LogP contribution in [0.3, 0.4) is 0 Å². The molecule has 3 atom stereocenters. The van der Waals surface area contributed by atoms with Gasteiger partial charge < -0.3 is 19.7 Å². The molecular weight excluding hydrogens is 487 g/mol. The number of alkyl halides is 1. The lowest BCUT2D eigenvalue weighted by Crippen LogP contribution is -2.74. The molecule has 2 aromatic carbocycles. The molecule has 3 rings (SSSR count). The predicted octanol–water partition coefficient (Wildman–Crippen LogP) is 3.73. The van der Waals surface area contributed by atoms with Crippen molar-refractivity contribution >= 4 is 51.0 Å². The SMILES string of the molecule is CC(C)(SCl)C(C(=O)OCc1ccccc1)N1C(=O)C(NC(=O)COc2ccccc2)C1Cl. The second kappa shape index (κ2) is 11.1. The molecule has 2 amide bonds. The lowest BCUT2D eigenvalue weighted by Gasteiger charge is -2.50. The molecule has 0 spiro atoms. The Hall–Kier alpha value is -2.42. The fourth-order valence-corrected chi connectivity index (χ4v) is 4.27. The third kappa shape index (κ3) is 6.13. The highest BCUT2D eigenvalue weighted by atomic mass is 35.7. The zero-order valence-electron chi connectivity index (χ0n) is 18.1. The van der Waals surface area contributed by atoms with Crippen molar-refractivity contribution in [1.29, 1.82) is 0 Å². The highest BCUT2D eigenvalue weighted by Gasteiger charge is 2.56. The summed E-state index contributed by atoms with van der Waals surface area (Å²) in [4.78, 5) is 39.3. The Morgan fingerprint density at radius 2 is 1.73 bits per heavy atom. The van der Waals surface area contributed by atoms with Gasteiger partial charge in [0.25, 0.3) is 11.8 Å². The number of benzene rings is 2. The van der Waals surface area contributed by atoms with E-state index in [9.17, 15) is 14.4 Å². The van der Waals surface area contributed by atoms with Gasteiger partial charge in [0.1, 0.15) is 29.9 Å². The molecule has 3 unspecified atom stereocenters.